The van der Waals surface area contributed by atoms with Crippen LogP contribution in [0.2, 0.25) is 0 Å². The van der Waals surface area contributed by atoms with E-state index in [-0.39, 0.29) is 11.9 Å². The fraction of sp³-hybridized carbons (Fsp3) is 0.375. The summed E-state index contributed by atoms with van der Waals surface area (Å²) in [5, 5.41) is 0. The van der Waals surface area contributed by atoms with Gasteiger partial charge in [0.2, 0.25) is 0 Å². The molecule has 1 amide bonds. The Bertz CT molecular complexity index is 580. The van der Waals surface area contributed by atoms with Gasteiger partial charge in [0.05, 0.1) is 11.7 Å². The topological polar surface area (TPSA) is 55.6 Å². The second kappa shape index (κ2) is 7.04. The van der Waals surface area contributed by atoms with Crippen molar-refractivity contribution in [2.24, 2.45) is 0 Å². The lowest BCUT2D eigenvalue weighted by Crippen LogP contribution is -2.31. The third kappa shape index (κ3) is 3.49. The zero-order valence-electron chi connectivity index (χ0n) is 12.6. The third-order valence-corrected chi connectivity index (χ3v) is 3.36. The largest absolute Gasteiger partial charge is 0.453 e. The average molecular weight is 288 g/mol. The predicted molar refractivity (Wildman–Crippen MR) is 78.8 cm³/mol. The summed E-state index contributed by atoms with van der Waals surface area (Å²) < 4.78 is 10.5. The molecule has 0 aliphatic heterocycles. The van der Waals surface area contributed by atoms with Crippen LogP contribution in [0.3, 0.4) is 0 Å². The van der Waals surface area contributed by atoms with Gasteiger partial charge in [0.25, 0.3) is 5.91 Å². The van der Waals surface area contributed by atoms with E-state index in [1.165, 1.54) is 0 Å². The van der Waals surface area contributed by atoms with E-state index in [9.17, 15) is 4.79 Å². The fourth-order valence-electron chi connectivity index (χ4n) is 2.28. The van der Waals surface area contributed by atoms with Crippen LogP contribution in [0.5, 0.6) is 0 Å². The van der Waals surface area contributed by atoms with Crippen molar-refractivity contribution < 1.29 is 13.9 Å². The molecule has 0 spiro atoms. The summed E-state index contributed by atoms with van der Waals surface area (Å²) in [4.78, 5) is 18.5. The molecule has 0 radical (unpaired) electrons. The molecule has 21 heavy (non-hydrogen) atoms. The van der Waals surface area contributed by atoms with E-state index in [1.807, 2.05) is 25.1 Å². The molecule has 2 aromatic rings. The van der Waals surface area contributed by atoms with Crippen LogP contribution in [0.25, 0.3) is 0 Å². The van der Waals surface area contributed by atoms with E-state index in [4.69, 9.17) is 9.15 Å². The van der Waals surface area contributed by atoms with Gasteiger partial charge in [0.1, 0.15) is 12.4 Å². The first-order valence-electron chi connectivity index (χ1n) is 6.93. The minimum absolute atomic E-state index is 0.0744. The van der Waals surface area contributed by atoms with Gasteiger partial charge in [-0.3, -0.25) is 9.78 Å². The first kappa shape index (κ1) is 15.3. The maximum Gasteiger partial charge on any atom is 0.289 e. The average Bonchev–Trinajstić information content (AvgIpc) is 2.97. The number of rotatable bonds is 6. The molecule has 2 heterocycles. The van der Waals surface area contributed by atoms with Crippen LogP contribution in [0.1, 0.15) is 41.4 Å². The number of carbonyl (C=O) groups is 1. The summed E-state index contributed by atoms with van der Waals surface area (Å²) in [5.41, 5.74) is 0.875. The lowest BCUT2D eigenvalue weighted by atomic mass is 10.1. The number of hydrogen-bond acceptors (Lipinski definition) is 4. The number of nitrogens with zero attached hydrogens (tertiary/aromatic N) is 2. The molecule has 0 saturated heterocycles. The van der Waals surface area contributed by atoms with Crippen LogP contribution >= 0.6 is 0 Å². The van der Waals surface area contributed by atoms with Crippen molar-refractivity contribution in [3.05, 3.63) is 53.7 Å². The molecular formula is C16H20N2O3. The molecule has 0 fully saturated rings. The number of amides is 1. The van der Waals surface area contributed by atoms with Crippen molar-refractivity contribution in [2.45, 2.75) is 26.0 Å². The van der Waals surface area contributed by atoms with Gasteiger partial charge in [-0.1, -0.05) is 13.0 Å². The maximum absolute atomic E-state index is 12.5. The Hall–Kier alpha value is -2.14. The zero-order valence-corrected chi connectivity index (χ0v) is 12.6. The third-order valence-electron chi connectivity index (χ3n) is 3.36. The quantitative estimate of drug-likeness (QED) is 0.819. The van der Waals surface area contributed by atoms with E-state index >= 15 is 0 Å². The highest BCUT2D eigenvalue weighted by atomic mass is 16.5. The molecule has 2 aromatic heterocycles. The second-order valence-electron chi connectivity index (χ2n) is 4.79. The molecule has 1 atom stereocenters. The van der Waals surface area contributed by atoms with Gasteiger partial charge in [-0.2, -0.15) is 0 Å². The predicted octanol–water partition coefficient (Wildman–Crippen LogP) is 3.04. The van der Waals surface area contributed by atoms with Gasteiger partial charge in [-0.25, -0.2) is 0 Å². The minimum Gasteiger partial charge on any atom is -0.453 e. The Morgan fingerprint density at radius 3 is 2.81 bits per heavy atom. The van der Waals surface area contributed by atoms with Crippen molar-refractivity contribution in [3.63, 3.8) is 0 Å². The number of hydrogen-bond donors (Lipinski definition) is 0. The van der Waals surface area contributed by atoms with Gasteiger partial charge in [-0.15, -0.1) is 0 Å². The fourth-order valence-corrected chi connectivity index (χ4v) is 2.28. The Morgan fingerprint density at radius 1 is 1.38 bits per heavy atom. The molecule has 0 N–H and O–H groups in total. The van der Waals surface area contributed by atoms with Crippen LogP contribution < -0.4 is 0 Å². The van der Waals surface area contributed by atoms with Crippen molar-refractivity contribution in [1.82, 2.24) is 9.88 Å². The van der Waals surface area contributed by atoms with Crippen LogP contribution in [-0.2, 0) is 11.3 Å². The van der Waals surface area contributed by atoms with Crippen LogP contribution in [0.4, 0.5) is 0 Å². The minimum atomic E-state index is -0.158. The highest BCUT2D eigenvalue weighted by molar-refractivity contribution is 5.91. The highest BCUT2D eigenvalue weighted by Gasteiger charge is 2.24. The van der Waals surface area contributed by atoms with E-state index in [0.717, 1.165) is 12.1 Å². The Kier molecular flexibility index (Phi) is 5.11. The first-order valence-corrected chi connectivity index (χ1v) is 6.93. The highest BCUT2D eigenvalue weighted by Crippen LogP contribution is 2.23. The molecule has 0 aliphatic rings. The summed E-state index contributed by atoms with van der Waals surface area (Å²) in [6.07, 6.45) is 2.52. The number of carbonyl (C=O) groups excluding carboxylic acids is 1. The van der Waals surface area contributed by atoms with Gasteiger partial charge in [0.15, 0.2) is 5.76 Å². The molecule has 0 unspecified atom stereocenters. The molecule has 0 saturated carbocycles. The van der Waals surface area contributed by atoms with E-state index < -0.39 is 0 Å². The lowest BCUT2D eigenvalue weighted by molar-refractivity contribution is 0.0683. The first-order chi connectivity index (χ1) is 10.2. The number of methoxy groups -OCH3 is 1. The molecule has 0 bridgehead atoms. The smallest absolute Gasteiger partial charge is 0.289 e. The number of furan rings is 1. The molecule has 112 valence electrons. The van der Waals surface area contributed by atoms with Gasteiger partial charge in [0, 0.05) is 20.4 Å². The molecule has 5 heteroatoms. The van der Waals surface area contributed by atoms with Crippen molar-refractivity contribution in [3.8, 4) is 0 Å². The molecule has 2 rings (SSSR count). The molecular weight excluding hydrogens is 268 g/mol. The molecule has 0 aliphatic carbocycles. The van der Waals surface area contributed by atoms with Crippen LogP contribution in [0.15, 0.2) is 40.9 Å². The lowest BCUT2D eigenvalue weighted by Gasteiger charge is -2.26. The van der Waals surface area contributed by atoms with Crippen molar-refractivity contribution in [1.29, 1.82) is 0 Å². The van der Waals surface area contributed by atoms with Gasteiger partial charge < -0.3 is 14.1 Å². The molecule has 5 nitrogen and oxygen atoms in total. The summed E-state index contributed by atoms with van der Waals surface area (Å²) in [7, 11) is 3.36. The summed E-state index contributed by atoms with van der Waals surface area (Å²) in [6, 6.07) is 9.07. The van der Waals surface area contributed by atoms with Crippen molar-refractivity contribution >= 4 is 5.91 Å². The normalized spacial score (nSPS) is 12.1. The summed E-state index contributed by atoms with van der Waals surface area (Å²) >= 11 is 0. The number of aromatic nitrogens is 1. The van der Waals surface area contributed by atoms with E-state index in [1.54, 1.807) is 37.4 Å². The standard InChI is InChI=1S/C16H20N2O3/c1-4-14(13-7-5-6-10-17-13)18(2)16(19)15-9-8-12(21-15)11-20-3/h5-10,14H,4,11H2,1-3H3/t14-/m0/s1. The van der Waals surface area contributed by atoms with Gasteiger partial charge >= 0.3 is 0 Å². The van der Waals surface area contributed by atoms with Gasteiger partial charge in [-0.05, 0) is 30.7 Å². The molecule has 0 aromatic carbocycles. The number of ether oxygens (including phenoxy) is 1. The van der Waals surface area contributed by atoms with E-state index in [2.05, 4.69) is 4.98 Å². The van der Waals surface area contributed by atoms with Crippen LogP contribution in [0, 0.1) is 0 Å². The van der Waals surface area contributed by atoms with E-state index in [0.29, 0.717) is 18.1 Å². The number of pyridine rings is 1. The summed E-state index contributed by atoms with van der Waals surface area (Å²) in [5.74, 6) is 0.800. The Balaban J connectivity index is 2.16. The van der Waals surface area contributed by atoms with Crippen molar-refractivity contribution in [2.75, 3.05) is 14.2 Å². The summed E-state index contributed by atoms with van der Waals surface area (Å²) in [6.45, 7) is 2.38. The SMILES string of the molecule is CC[C@@H](c1ccccn1)N(C)C(=O)c1ccc(COC)o1. The monoisotopic (exact) mass is 288 g/mol. The maximum atomic E-state index is 12.5. The Morgan fingerprint density at radius 2 is 2.19 bits per heavy atom. The zero-order chi connectivity index (χ0) is 15.2. The van der Waals surface area contributed by atoms with Crippen LogP contribution in [-0.4, -0.2) is 29.9 Å². The Labute approximate surface area is 124 Å². The second-order valence-corrected chi connectivity index (χ2v) is 4.79.